The maximum atomic E-state index is 15.5. The Morgan fingerprint density at radius 2 is 1.59 bits per heavy atom. The average Bonchev–Trinajstić information content (AvgIpc) is 3.15. The van der Waals surface area contributed by atoms with E-state index in [0.29, 0.717) is 0 Å². The maximum Gasteiger partial charge on any atom is 0.338 e. The van der Waals surface area contributed by atoms with E-state index in [0.717, 1.165) is 10.8 Å². The fraction of sp³-hybridized carbons (Fsp3) is 0.250. The minimum Gasteiger partial charge on any atom is -0.459 e. The Bertz CT molecular complexity index is 1290. The van der Waals surface area contributed by atoms with E-state index in [1.54, 1.807) is 48.5 Å². The lowest BCUT2D eigenvalue weighted by molar-refractivity contribution is -0.0592. The van der Waals surface area contributed by atoms with Gasteiger partial charge in [-0.3, -0.25) is 14.3 Å². The van der Waals surface area contributed by atoms with Crippen LogP contribution in [0, 0.1) is 6.92 Å². The van der Waals surface area contributed by atoms with Crippen LogP contribution in [-0.2, 0) is 14.2 Å². The number of carbonyl (C=O) groups excluding carboxylic acids is 2. The van der Waals surface area contributed by atoms with Gasteiger partial charge in [-0.2, -0.15) is 0 Å². The molecule has 2 aromatic carbocycles. The molecule has 1 aliphatic heterocycles. The molecule has 10 heteroatoms. The minimum absolute atomic E-state index is 0.159. The number of nitrogens with one attached hydrogen (secondary N) is 1. The normalized spacial score (nSPS) is 21.7. The summed E-state index contributed by atoms with van der Waals surface area (Å²) in [5, 5.41) is 0. The number of halogens is 1. The van der Waals surface area contributed by atoms with Crippen molar-refractivity contribution in [3.05, 3.63) is 104 Å². The number of aromatic nitrogens is 2. The number of aromatic amines is 1. The average molecular weight is 468 g/mol. The van der Waals surface area contributed by atoms with E-state index in [9.17, 15) is 19.2 Å². The van der Waals surface area contributed by atoms with Crippen molar-refractivity contribution in [1.82, 2.24) is 9.55 Å². The van der Waals surface area contributed by atoms with E-state index in [-0.39, 0.29) is 16.7 Å². The van der Waals surface area contributed by atoms with Crippen molar-refractivity contribution < 1.29 is 28.2 Å². The predicted octanol–water partition coefficient (Wildman–Crippen LogP) is 2.16. The zero-order valence-electron chi connectivity index (χ0n) is 18.1. The number of nitrogens with zero attached hydrogens (tertiary/aromatic N) is 1. The highest BCUT2D eigenvalue weighted by Crippen LogP contribution is 2.34. The predicted molar refractivity (Wildman–Crippen MR) is 117 cm³/mol. The molecule has 0 radical (unpaired) electrons. The number of ether oxygens (including phenoxy) is 3. The van der Waals surface area contributed by atoms with Gasteiger partial charge >= 0.3 is 17.6 Å². The molecule has 0 amide bonds. The first-order valence-electron chi connectivity index (χ1n) is 10.4. The second-order valence-electron chi connectivity index (χ2n) is 7.69. The quantitative estimate of drug-likeness (QED) is 0.551. The molecule has 1 aromatic heterocycles. The van der Waals surface area contributed by atoms with Gasteiger partial charge in [-0.15, -0.1) is 0 Å². The molecule has 34 heavy (non-hydrogen) atoms. The second kappa shape index (κ2) is 9.84. The van der Waals surface area contributed by atoms with Crippen LogP contribution in [-0.4, -0.2) is 46.5 Å². The summed E-state index contributed by atoms with van der Waals surface area (Å²) in [4.78, 5) is 51.0. The van der Waals surface area contributed by atoms with Gasteiger partial charge in [-0.05, 0) is 31.2 Å². The SMILES string of the molecule is Cc1cn([C@@H]2O[C@H](COC(=O)c3ccccc3)[C@@H](OC(=O)c3ccccc3)[C@@H]2F)c(=O)[nH]c1=O. The Kier molecular flexibility index (Phi) is 6.69. The number of H-pyrrole nitrogens is 1. The Labute approximate surface area is 192 Å². The second-order valence-corrected chi connectivity index (χ2v) is 7.69. The third-order valence-electron chi connectivity index (χ3n) is 5.33. The highest BCUT2D eigenvalue weighted by molar-refractivity contribution is 5.90. The molecule has 4 rings (SSSR count). The van der Waals surface area contributed by atoms with Crippen LogP contribution in [0.4, 0.5) is 4.39 Å². The molecule has 3 aromatic rings. The molecule has 1 saturated heterocycles. The van der Waals surface area contributed by atoms with E-state index >= 15 is 4.39 Å². The summed E-state index contributed by atoms with van der Waals surface area (Å²) in [5.74, 6) is -1.48. The maximum absolute atomic E-state index is 15.5. The smallest absolute Gasteiger partial charge is 0.338 e. The largest absolute Gasteiger partial charge is 0.459 e. The van der Waals surface area contributed by atoms with Crippen molar-refractivity contribution in [3.63, 3.8) is 0 Å². The number of rotatable bonds is 6. The molecule has 176 valence electrons. The monoisotopic (exact) mass is 468 g/mol. The highest BCUT2D eigenvalue weighted by Gasteiger charge is 2.49. The lowest BCUT2D eigenvalue weighted by Gasteiger charge is -2.19. The Morgan fingerprint density at radius 3 is 2.21 bits per heavy atom. The summed E-state index contributed by atoms with van der Waals surface area (Å²) in [7, 11) is 0. The van der Waals surface area contributed by atoms with Gasteiger partial charge < -0.3 is 14.2 Å². The minimum atomic E-state index is -1.99. The summed E-state index contributed by atoms with van der Waals surface area (Å²) < 4.78 is 32.7. The number of esters is 2. The third kappa shape index (κ3) is 4.81. The van der Waals surface area contributed by atoms with Crippen LogP contribution in [0.5, 0.6) is 0 Å². The lowest BCUT2D eigenvalue weighted by atomic mass is 10.1. The number of benzene rings is 2. The molecular weight excluding hydrogens is 447 g/mol. The summed E-state index contributed by atoms with van der Waals surface area (Å²) in [6.07, 6.45) is -5.04. The molecular formula is C24H21FN2O7. The van der Waals surface area contributed by atoms with Crippen LogP contribution in [0.1, 0.15) is 32.5 Å². The van der Waals surface area contributed by atoms with Crippen LogP contribution < -0.4 is 11.2 Å². The molecule has 9 nitrogen and oxygen atoms in total. The van der Waals surface area contributed by atoms with Crippen molar-refractivity contribution in [3.8, 4) is 0 Å². The number of carbonyl (C=O) groups is 2. The van der Waals surface area contributed by atoms with Gasteiger partial charge in [0.2, 0.25) is 0 Å². The van der Waals surface area contributed by atoms with E-state index in [2.05, 4.69) is 4.98 Å². The van der Waals surface area contributed by atoms with Crippen molar-refractivity contribution in [2.24, 2.45) is 0 Å². The molecule has 0 saturated carbocycles. The number of aryl methyl sites for hydroxylation is 1. The van der Waals surface area contributed by atoms with E-state index in [1.807, 2.05) is 0 Å². The fourth-order valence-electron chi connectivity index (χ4n) is 3.55. The molecule has 4 atom stereocenters. The van der Waals surface area contributed by atoms with Gasteiger partial charge in [-0.1, -0.05) is 36.4 Å². The number of alkyl halides is 1. The van der Waals surface area contributed by atoms with Gasteiger partial charge in [-0.25, -0.2) is 18.8 Å². The Hall–Kier alpha value is -4.05. The summed E-state index contributed by atoms with van der Waals surface area (Å²) >= 11 is 0. The standard InChI is InChI=1S/C24H21FN2O7/c1-14-12-27(24(31)26-20(14)28)21-18(25)19(34-23(30)16-10-6-3-7-11-16)17(33-21)13-32-22(29)15-8-4-2-5-9-15/h2-12,17-19,21H,13H2,1H3,(H,26,28,31)/t17-,18+,19-,21-/m1/s1. The van der Waals surface area contributed by atoms with Crippen LogP contribution in [0.3, 0.4) is 0 Å². The fourth-order valence-corrected chi connectivity index (χ4v) is 3.55. The Balaban J connectivity index is 1.59. The molecule has 0 unspecified atom stereocenters. The van der Waals surface area contributed by atoms with Gasteiger partial charge in [0.25, 0.3) is 5.56 Å². The zero-order chi connectivity index (χ0) is 24.2. The van der Waals surface area contributed by atoms with E-state index < -0.39 is 54.4 Å². The highest BCUT2D eigenvalue weighted by atomic mass is 19.1. The summed E-state index contributed by atoms with van der Waals surface area (Å²) in [6, 6.07) is 16.1. The summed E-state index contributed by atoms with van der Waals surface area (Å²) in [5.41, 5.74) is -0.880. The molecule has 0 spiro atoms. The molecule has 0 aliphatic carbocycles. The van der Waals surface area contributed by atoms with Crippen LogP contribution in [0.15, 0.2) is 76.4 Å². The van der Waals surface area contributed by atoms with Crippen LogP contribution in [0.2, 0.25) is 0 Å². The summed E-state index contributed by atoms with van der Waals surface area (Å²) in [6.45, 7) is 1.01. The van der Waals surface area contributed by atoms with E-state index in [1.165, 1.54) is 19.1 Å². The van der Waals surface area contributed by atoms with Crippen molar-refractivity contribution >= 4 is 11.9 Å². The molecule has 1 N–H and O–H groups in total. The molecule has 1 fully saturated rings. The zero-order valence-corrected chi connectivity index (χ0v) is 18.1. The topological polar surface area (TPSA) is 117 Å². The van der Waals surface area contributed by atoms with Gasteiger partial charge in [0, 0.05) is 11.8 Å². The van der Waals surface area contributed by atoms with Gasteiger partial charge in [0.15, 0.2) is 18.5 Å². The molecule has 2 heterocycles. The van der Waals surface area contributed by atoms with Crippen molar-refractivity contribution in [1.29, 1.82) is 0 Å². The van der Waals surface area contributed by atoms with Crippen molar-refractivity contribution in [2.45, 2.75) is 31.5 Å². The van der Waals surface area contributed by atoms with Gasteiger partial charge in [0.05, 0.1) is 11.1 Å². The molecule has 1 aliphatic rings. The first-order valence-corrected chi connectivity index (χ1v) is 10.4. The van der Waals surface area contributed by atoms with Crippen LogP contribution in [0.25, 0.3) is 0 Å². The van der Waals surface area contributed by atoms with Crippen molar-refractivity contribution in [2.75, 3.05) is 6.61 Å². The van der Waals surface area contributed by atoms with Crippen LogP contribution >= 0.6 is 0 Å². The van der Waals surface area contributed by atoms with Gasteiger partial charge in [0.1, 0.15) is 12.7 Å². The Morgan fingerprint density at radius 1 is 1.00 bits per heavy atom. The van der Waals surface area contributed by atoms with E-state index in [4.69, 9.17) is 14.2 Å². The molecule has 0 bridgehead atoms. The number of hydrogen-bond donors (Lipinski definition) is 1. The lowest BCUT2D eigenvalue weighted by Crippen LogP contribution is -2.38. The first kappa shape index (κ1) is 23.1. The first-order chi connectivity index (χ1) is 16.3. The number of hydrogen-bond acceptors (Lipinski definition) is 7. The third-order valence-corrected chi connectivity index (χ3v) is 5.33.